The van der Waals surface area contributed by atoms with Crippen LogP contribution in [-0.4, -0.2) is 75.0 Å². The highest BCUT2D eigenvalue weighted by Crippen LogP contribution is 2.26. The van der Waals surface area contributed by atoms with Crippen LogP contribution in [0.1, 0.15) is 10.4 Å². The molecule has 1 aliphatic heterocycles. The number of nitrogens with one attached hydrogen (secondary N) is 1. The van der Waals surface area contributed by atoms with Crippen molar-refractivity contribution in [1.29, 1.82) is 0 Å². The molecule has 0 radical (unpaired) electrons. The van der Waals surface area contributed by atoms with Gasteiger partial charge in [0, 0.05) is 68.6 Å². The molecule has 0 saturated carbocycles. The second kappa shape index (κ2) is 9.82. The third-order valence-corrected chi connectivity index (χ3v) is 8.04. The first-order valence-electron chi connectivity index (χ1n) is 10.7. The van der Waals surface area contributed by atoms with Crippen LogP contribution in [-0.2, 0) is 21.3 Å². The maximum atomic E-state index is 12.8. The van der Waals surface area contributed by atoms with Gasteiger partial charge in [0.05, 0.1) is 18.2 Å². The number of morpholine rings is 1. The molecule has 4 rings (SSSR count). The lowest BCUT2D eigenvalue weighted by atomic mass is 10.2. The van der Waals surface area contributed by atoms with Gasteiger partial charge in [0.1, 0.15) is 4.90 Å². The predicted molar refractivity (Wildman–Crippen MR) is 129 cm³/mol. The van der Waals surface area contributed by atoms with Gasteiger partial charge in [0.2, 0.25) is 10.0 Å². The molecule has 33 heavy (non-hydrogen) atoms. The number of carbonyl (C=O) groups excluding carboxylic acids is 1. The van der Waals surface area contributed by atoms with Gasteiger partial charge in [0.25, 0.3) is 5.91 Å². The molecule has 0 unspecified atom stereocenters. The standard InChI is InChI=1S/C23H27ClN4O4S/c1-26(2)33(30,31)22-16-18(3-5-20(22)24)23(29)25-19-4-6-21-17(15-19)7-8-28(21)10-9-27-11-13-32-14-12-27/h3-8,15-16H,9-14H2,1-2H3,(H,25,29). The van der Waals surface area contributed by atoms with E-state index in [-0.39, 0.29) is 15.5 Å². The lowest BCUT2D eigenvalue weighted by Gasteiger charge is -2.26. The van der Waals surface area contributed by atoms with Gasteiger partial charge in [-0.25, -0.2) is 12.7 Å². The second-order valence-corrected chi connectivity index (χ2v) is 10.7. The number of sulfonamides is 1. The quantitative estimate of drug-likeness (QED) is 0.550. The van der Waals surface area contributed by atoms with Crippen molar-refractivity contribution >= 4 is 44.1 Å². The van der Waals surface area contributed by atoms with Crippen molar-refractivity contribution in [2.75, 3.05) is 52.3 Å². The number of anilines is 1. The summed E-state index contributed by atoms with van der Waals surface area (Å²) in [6, 6.07) is 12.0. The number of carbonyl (C=O) groups is 1. The van der Waals surface area contributed by atoms with Crippen LogP contribution in [0.15, 0.2) is 53.6 Å². The molecule has 0 aliphatic carbocycles. The Kier molecular flexibility index (Phi) is 7.06. The normalized spacial score (nSPS) is 15.3. The first-order chi connectivity index (χ1) is 15.8. The van der Waals surface area contributed by atoms with Crippen LogP contribution in [0.25, 0.3) is 10.9 Å². The number of amides is 1. The molecule has 2 heterocycles. The van der Waals surface area contributed by atoms with E-state index in [1.165, 1.54) is 32.3 Å². The number of halogens is 1. The zero-order chi connectivity index (χ0) is 23.6. The third-order valence-electron chi connectivity index (χ3n) is 5.74. The maximum absolute atomic E-state index is 12.8. The van der Waals surface area contributed by atoms with Crippen molar-refractivity contribution in [3.05, 3.63) is 59.2 Å². The first kappa shape index (κ1) is 23.7. The molecule has 0 bridgehead atoms. The molecule has 10 heteroatoms. The first-order valence-corrected chi connectivity index (χ1v) is 12.5. The summed E-state index contributed by atoms with van der Waals surface area (Å²) in [6.45, 7) is 5.32. The Balaban J connectivity index is 1.48. The summed E-state index contributed by atoms with van der Waals surface area (Å²) in [7, 11) is -0.933. The number of fused-ring (bicyclic) bond motifs is 1. The van der Waals surface area contributed by atoms with E-state index in [0.717, 1.165) is 54.6 Å². The van der Waals surface area contributed by atoms with Crippen LogP contribution in [0.4, 0.5) is 5.69 Å². The van der Waals surface area contributed by atoms with Crippen molar-refractivity contribution in [2.45, 2.75) is 11.4 Å². The average molecular weight is 491 g/mol. The van der Waals surface area contributed by atoms with E-state index in [1.54, 1.807) is 0 Å². The number of rotatable bonds is 7. The molecule has 1 aliphatic rings. The Labute approximate surface area is 198 Å². The van der Waals surface area contributed by atoms with Crippen LogP contribution in [0, 0.1) is 0 Å². The monoisotopic (exact) mass is 490 g/mol. The predicted octanol–water partition coefficient (Wildman–Crippen LogP) is 3.13. The van der Waals surface area contributed by atoms with E-state index >= 15 is 0 Å². The number of benzene rings is 2. The highest BCUT2D eigenvalue weighted by molar-refractivity contribution is 7.89. The average Bonchev–Trinajstić information content (AvgIpc) is 3.20. The van der Waals surface area contributed by atoms with Crippen molar-refractivity contribution in [1.82, 2.24) is 13.8 Å². The zero-order valence-electron chi connectivity index (χ0n) is 18.6. The van der Waals surface area contributed by atoms with E-state index in [4.69, 9.17) is 16.3 Å². The minimum atomic E-state index is -3.77. The molecule has 176 valence electrons. The number of aromatic nitrogens is 1. The van der Waals surface area contributed by atoms with Crippen LogP contribution in [0.5, 0.6) is 0 Å². The van der Waals surface area contributed by atoms with Crippen LogP contribution in [0.2, 0.25) is 5.02 Å². The fourth-order valence-corrected chi connectivity index (χ4v) is 5.18. The van der Waals surface area contributed by atoms with Crippen LogP contribution >= 0.6 is 11.6 Å². The summed E-state index contributed by atoms with van der Waals surface area (Å²) in [4.78, 5) is 15.1. The summed E-state index contributed by atoms with van der Waals surface area (Å²) in [6.07, 6.45) is 2.05. The highest BCUT2D eigenvalue weighted by atomic mass is 35.5. The molecule has 1 N–H and O–H groups in total. The molecule has 1 saturated heterocycles. The van der Waals surface area contributed by atoms with Crippen LogP contribution < -0.4 is 5.32 Å². The fraction of sp³-hybridized carbons (Fsp3) is 0.348. The third kappa shape index (κ3) is 5.23. The fourth-order valence-electron chi connectivity index (χ4n) is 3.79. The van der Waals surface area contributed by atoms with E-state index in [9.17, 15) is 13.2 Å². The molecule has 0 spiro atoms. The van der Waals surface area contributed by atoms with E-state index in [2.05, 4.69) is 14.8 Å². The molecule has 2 aromatic carbocycles. The molecule has 1 aromatic heterocycles. The Morgan fingerprint density at radius 3 is 2.58 bits per heavy atom. The Morgan fingerprint density at radius 1 is 1.09 bits per heavy atom. The molecule has 3 aromatic rings. The minimum absolute atomic E-state index is 0.0695. The van der Waals surface area contributed by atoms with Crippen molar-refractivity contribution in [3.8, 4) is 0 Å². The summed E-state index contributed by atoms with van der Waals surface area (Å²) in [5, 5.41) is 3.93. The zero-order valence-corrected chi connectivity index (χ0v) is 20.2. The van der Waals surface area contributed by atoms with Gasteiger partial charge in [-0.1, -0.05) is 11.6 Å². The van der Waals surface area contributed by atoms with E-state index < -0.39 is 15.9 Å². The van der Waals surface area contributed by atoms with Gasteiger partial charge in [-0.15, -0.1) is 0 Å². The maximum Gasteiger partial charge on any atom is 0.255 e. The Hall–Kier alpha value is -2.43. The van der Waals surface area contributed by atoms with Gasteiger partial charge in [0.15, 0.2) is 0 Å². The number of ether oxygens (including phenoxy) is 1. The highest BCUT2D eigenvalue weighted by Gasteiger charge is 2.22. The Morgan fingerprint density at radius 2 is 1.85 bits per heavy atom. The molecule has 8 nitrogen and oxygen atoms in total. The SMILES string of the molecule is CN(C)S(=O)(=O)c1cc(C(=O)Nc2ccc3c(ccn3CCN3CCOCC3)c2)ccc1Cl. The number of nitrogens with zero attached hydrogens (tertiary/aromatic N) is 3. The summed E-state index contributed by atoms with van der Waals surface area (Å²) < 4.78 is 33.6. The van der Waals surface area contributed by atoms with Gasteiger partial charge < -0.3 is 14.6 Å². The van der Waals surface area contributed by atoms with Gasteiger partial charge >= 0.3 is 0 Å². The summed E-state index contributed by atoms with van der Waals surface area (Å²) >= 11 is 6.08. The largest absolute Gasteiger partial charge is 0.379 e. The van der Waals surface area contributed by atoms with Gasteiger partial charge in [-0.3, -0.25) is 9.69 Å². The number of hydrogen-bond acceptors (Lipinski definition) is 5. The molecule has 0 atom stereocenters. The molecule has 1 amide bonds. The summed E-state index contributed by atoms with van der Waals surface area (Å²) in [5.41, 5.74) is 1.93. The summed E-state index contributed by atoms with van der Waals surface area (Å²) in [5.74, 6) is -0.409. The van der Waals surface area contributed by atoms with E-state index in [0.29, 0.717) is 5.69 Å². The molecular weight excluding hydrogens is 464 g/mol. The van der Waals surface area contributed by atoms with Gasteiger partial charge in [-0.05, 0) is 42.5 Å². The molecular formula is C23H27ClN4O4S. The van der Waals surface area contributed by atoms with E-state index in [1.807, 2.05) is 30.5 Å². The lowest BCUT2D eigenvalue weighted by Crippen LogP contribution is -2.38. The van der Waals surface area contributed by atoms with Crippen LogP contribution in [0.3, 0.4) is 0 Å². The number of hydrogen-bond donors (Lipinski definition) is 1. The van der Waals surface area contributed by atoms with Crippen molar-refractivity contribution in [3.63, 3.8) is 0 Å². The van der Waals surface area contributed by atoms with Gasteiger partial charge in [-0.2, -0.15) is 0 Å². The lowest BCUT2D eigenvalue weighted by molar-refractivity contribution is 0.0365. The van der Waals surface area contributed by atoms with Crippen molar-refractivity contribution < 1.29 is 17.9 Å². The Bertz CT molecular complexity index is 1270. The second-order valence-electron chi connectivity index (χ2n) is 8.12. The topological polar surface area (TPSA) is 83.9 Å². The van der Waals surface area contributed by atoms with Crippen molar-refractivity contribution in [2.24, 2.45) is 0 Å². The minimum Gasteiger partial charge on any atom is -0.379 e. The smallest absolute Gasteiger partial charge is 0.255 e. The molecule has 1 fully saturated rings.